The number of carbonyl (C=O) groups is 3. The van der Waals surface area contributed by atoms with Crippen molar-refractivity contribution < 1.29 is 28.6 Å². The van der Waals surface area contributed by atoms with Gasteiger partial charge in [-0.05, 0) is 70.6 Å². The van der Waals surface area contributed by atoms with Crippen LogP contribution >= 0.6 is 0 Å². The van der Waals surface area contributed by atoms with Crippen LogP contribution in [0.3, 0.4) is 0 Å². The number of piperidine rings is 1. The summed E-state index contributed by atoms with van der Waals surface area (Å²) in [5.74, 6) is -0.567. The number of methoxy groups -OCH3 is 1. The van der Waals surface area contributed by atoms with Crippen LogP contribution in [0.5, 0.6) is 5.75 Å². The van der Waals surface area contributed by atoms with Gasteiger partial charge in [-0.3, -0.25) is 14.6 Å². The average molecular weight is 685 g/mol. The highest BCUT2D eigenvalue weighted by molar-refractivity contribution is 5.86. The number of aromatic nitrogens is 1. The Morgan fingerprint density at radius 1 is 0.960 bits per heavy atom. The van der Waals surface area contributed by atoms with Crippen LogP contribution in [0.4, 0.5) is 4.79 Å². The summed E-state index contributed by atoms with van der Waals surface area (Å²) in [6.07, 6.45) is 6.21. The second-order valence-electron chi connectivity index (χ2n) is 15.2. The van der Waals surface area contributed by atoms with Crippen LogP contribution in [0.15, 0.2) is 60.7 Å². The number of hydrogen-bond acceptors (Lipinski definition) is 7. The van der Waals surface area contributed by atoms with Crippen molar-refractivity contribution in [3.8, 4) is 5.75 Å². The topological polar surface area (TPSA) is 110 Å². The van der Waals surface area contributed by atoms with E-state index in [1.807, 2.05) is 74.2 Å². The third-order valence-corrected chi connectivity index (χ3v) is 10.1. The van der Waals surface area contributed by atoms with Crippen LogP contribution in [-0.2, 0) is 31.1 Å². The molecule has 2 heterocycles. The lowest BCUT2D eigenvalue weighted by atomic mass is 9.84. The summed E-state index contributed by atoms with van der Waals surface area (Å²) >= 11 is 0. The Morgan fingerprint density at radius 2 is 1.66 bits per heavy atom. The molecule has 50 heavy (non-hydrogen) atoms. The number of carbonyl (C=O) groups excluding carboxylic acids is 3. The van der Waals surface area contributed by atoms with Crippen LogP contribution in [0, 0.1) is 11.8 Å². The van der Waals surface area contributed by atoms with Crippen LogP contribution in [0.25, 0.3) is 10.9 Å². The van der Waals surface area contributed by atoms with E-state index in [4.69, 9.17) is 19.2 Å². The maximum atomic E-state index is 14.6. The first-order valence-electron chi connectivity index (χ1n) is 18.2. The molecule has 3 aromatic rings. The number of ether oxygens (including phenoxy) is 3. The van der Waals surface area contributed by atoms with Crippen molar-refractivity contribution in [1.82, 2.24) is 20.1 Å². The van der Waals surface area contributed by atoms with E-state index in [9.17, 15) is 14.4 Å². The number of fused-ring (bicyclic) bond motifs is 1. The van der Waals surface area contributed by atoms with E-state index in [-0.39, 0.29) is 30.9 Å². The molecule has 2 atom stereocenters. The highest BCUT2D eigenvalue weighted by Gasteiger charge is 2.45. The highest BCUT2D eigenvalue weighted by atomic mass is 16.6. The first-order chi connectivity index (χ1) is 24.0. The molecule has 2 aliphatic carbocycles. The molecule has 1 saturated heterocycles. The van der Waals surface area contributed by atoms with Gasteiger partial charge in [-0.1, -0.05) is 55.3 Å². The Morgan fingerprint density at radius 3 is 2.36 bits per heavy atom. The van der Waals surface area contributed by atoms with Gasteiger partial charge in [-0.2, -0.15) is 0 Å². The number of benzene rings is 2. The third-order valence-electron chi connectivity index (χ3n) is 10.1. The normalized spacial score (nSPS) is 20.4. The molecular formula is C40H52N4O6. The largest absolute Gasteiger partial charge is 0.493 e. The van der Waals surface area contributed by atoms with Gasteiger partial charge in [0.1, 0.15) is 11.4 Å². The van der Waals surface area contributed by atoms with Crippen LogP contribution in [0.2, 0.25) is 0 Å². The van der Waals surface area contributed by atoms with Crippen molar-refractivity contribution in [3.63, 3.8) is 0 Å². The zero-order chi connectivity index (χ0) is 35.3. The van der Waals surface area contributed by atoms with Gasteiger partial charge < -0.3 is 29.3 Å². The summed E-state index contributed by atoms with van der Waals surface area (Å²) in [6, 6.07) is 20.1. The molecule has 1 N–H and O–H groups in total. The highest BCUT2D eigenvalue weighted by Crippen LogP contribution is 2.40. The van der Waals surface area contributed by atoms with Gasteiger partial charge in [0.25, 0.3) is 0 Å². The molecule has 3 fully saturated rings. The second kappa shape index (κ2) is 15.4. The lowest BCUT2D eigenvalue weighted by Gasteiger charge is -2.40. The van der Waals surface area contributed by atoms with Crippen molar-refractivity contribution >= 4 is 28.8 Å². The zero-order valence-corrected chi connectivity index (χ0v) is 30.0. The molecule has 2 saturated carbocycles. The molecule has 0 spiro atoms. The first-order valence-corrected chi connectivity index (χ1v) is 18.2. The molecule has 268 valence electrons. The van der Waals surface area contributed by atoms with Gasteiger partial charge in [-0.15, -0.1) is 0 Å². The van der Waals surface area contributed by atoms with Crippen LogP contribution in [0.1, 0.15) is 83.4 Å². The number of rotatable bonds is 12. The minimum Gasteiger partial charge on any atom is -0.493 e. The van der Waals surface area contributed by atoms with Gasteiger partial charge >= 0.3 is 6.09 Å². The summed E-state index contributed by atoms with van der Waals surface area (Å²) in [5.41, 5.74) is 1.49. The molecule has 2 aromatic carbocycles. The summed E-state index contributed by atoms with van der Waals surface area (Å²) < 4.78 is 17.2. The second-order valence-corrected chi connectivity index (χ2v) is 15.2. The van der Waals surface area contributed by atoms with Crippen molar-refractivity contribution in [2.24, 2.45) is 11.8 Å². The number of likely N-dealkylation sites (tertiary alicyclic amines) is 1. The summed E-state index contributed by atoms with van der Waals surface area (Å²) in [5, 5.41) is 4.34. The van der Waals surface area contributed by atoms with E-state index in [0.717, 1.165) is 72.9 Å². The van der Waals surface area contributed by atoms with E-state index in [1.165, 1.54) is 0 Å². The van der Waals surface area contributed by atoms with Crippen molar-refractivity contribution in [1.29, 1.82) is 0 Å². The number of amides is 3. The fraction of sp³-hybridized carbons (Fsp3) is 0.550. The molecule has 6 rings (SSSR count). The van der Waals surface area contributed by atoms with E-state index in [1.54, 1.807) is 12.0 Å². The molecule has 0 radical (unpaired) electrons. The Bertz CT molecular complexity index is 1650. The molecule has 0 bridgehead atoms. The standard InChI is InChI=1S/C40H52N4O6/c1-39(2,3)50-38(47)43-25-28(36(45)42-40(19-10-11-20-40)30-13-6-5-7-14-30)23-29(26-43)37(46)44(32-17-18-32)27-31-24-35(49-22-12-21-48-4)33-15-8-9-16-34(33)41-31/h5-9,13-16,24,28-29,32H,10-12,17-23,25-27H2,1-4H3,(H,42,45)/t28-,29+/m0/s1. The summed E-state index contributed by atoms with van der Waals surface area (Å²) in [7, 11) is 1.67. The predicted octanol–water partition coefficient (Wildman–Crippen LogP) is 6.60. The maximum absolute atomic E-state index is 14.6. The van der Waals surface area contributed by atoms with Gasteiger partial charge in [0, 0.05) is 50.7 Å². The fourth-order valence-electron chi connectivity index (χ4n) is 7.47. The lowest BCUT2D eigenvalue weighted by Crippen LogP contribution is -2.55. The number of pyridine rings is 1. The zero-order valence-electron chi connectivity index (χ0n) is 30.0. The molecule has 0 unspecified atom stereocenters. The number of nitrogens with one attached hydrogen (secondary N) is 1. The smallest absolute Gasteiger partial charge is 0.410 e. The Hall–Kier alpha value is -4.18. The van der Waals surface area contributed by atoms with Gasteiger partial charge in [0.15, 0.2) is 0 Å². The predicted molar refractivity (Wildman–Crippen MR) is 191 cm³/mol. The SMILES string of the molecule is COCCCOc1cc(CN(C(=O)[C@@H]2C[C@H](C(=O)NC3(c4ccccc4)CCCC3)CN(C(=O)OC(C)(C)C)C2)C2CC2)nc2ccccc12. The monoisotopic (exact) mass is 684 g/mol. The minimum absolute atomic E-state index is 0.0604. The molecule has 10 nitrogen and oxygen atoms in total. The Labute approximate surface area is 295 Å². The number of hydrogen-bond donors (Lipinski definition) is 1. The molecule has 1 aromatic heterocycles. The van der Waals surface area contributed by atoms with Crippen LogP contribution in [-0.4, -0.2) is 77.7 Å². The van der Waals surface area contributed by atoms with Crippen molar-refractivity contribution in [2.75, 3.05) is 33.4 Å². The molecule has 3 aliphatic rings. The molecule has 10 heteroatoms. The van der Waals surface area contributed by atoms with Crippen molar-refractivity contribution in [3.05, 3.63) is 71.9 Å². The van der Waals surface area contributed by atoms with Crippen molar-refractivity contribution in [2.45, 2.75) is 95.9 Å². The number of para-hydroxylation sites is 1. The lowest BCUT2D eigenvalue weighted by molar-refractivity contribution is -0.141. The van der Waals surface area contributed by atoms with E-state index in [0.29, 0.717) is 26.2 Å². The quantitative estimate of drug-likeness (QED) is 0.214. The summed E-state index contributed by atoms with van der Waals surface area (Å²) in [6.45, 7) is 7.31. The van der Waals surface area contributed by atoms with Crippen LogP contribution < -0.4 is 10.1 Å². The minimum atomic E-state index is -0.710. The average Bonchev–Trinajstić information content (AvgIpc) is 3.84. The Kier molecular flexibility index (Phi) is 11.0. The molecule has 3 amide bonds. The van der Waals surface area contributed by atoms with E-state index < -0.39 is 29.1 Å². The van der Waals surface area contributed by atoms with Gasteiger partial charge in [0.2, 0.25) is 11.8 Å². The third kappa shape index (κ3) is 8.57. The molecular weight excluding hydrogens is 632 g/mol. The van der Waals surface area contributed by atoms with E-state index >= 15 is 0 Å². The fourth-order valence-corrected chi connectivity index (χ4v) is 7.47. The van der Waals surface area contributed by atoms with Gasteiger partial charge in [0.05, 0.1) is 41.7 Å². The van der Waals surface area contributed by atoms with Gasteiger partial charge in [-0.25, -0.2) is 4.79 Å². The Balaban J connectivity index is 1.24. The summed E-state index contributed by atoms with van der Waals surface area (Å²) in [4.78, 5) is 50.7. The van der Waals surface area contributed by atoms with E-state index in [2.05, 4.69) is 17.4 Å². The number of nitrogens with zero attached hydrogens (tertiary/aromatic N) is 3. The maximum Gasteiger partial charge on any atom is 0.410 e. The molecule has 1 aliphatic heterocycles. The first kappa shape index (κ1) is 35.6.